The molecule has 1 saturated heterocycles. The van der Waals surface area contributed by atoms with Crippen molar-refractivity contribution in [2.75, 3.05) is 12.3 Å². The predicted molar refractivity (Wildman–Crippen MR) is 77.5 cm³/mol. The van der Waals surface area contributed by atoms with E-state index in [1.807, 2.05) is 17.0 Å². The molecule has 1 heterocycles. The van der Waals surface area contributed by atoms with E-state index in [2.05, 4.69) is 22.9 Å². The average Bonchev–Trinajstić information content (AvgIpc) is 2.36. The molecule has 0 spiro atoms. The number of benzene rings is 1. The first-order chi connectivity index (χ1) is 8.61. The maximum absolute atomic E-state index is 12.5. The number of amides is 1. The van der Waals surface area contributed by atoms with Crippen molar-refractivity contribution in [2.45, 2.75) is 38.6 Å². The van der Waals surface area contributed by atoms with Gasteiger partial charge in [0.2, 0.25) is 0 Å². The van der Waals surface area contributed by atoms with Crippen molar-refractivity contribution in [1.29, 1.82) is 0 Å². The number of carbonyl (C=O) groups excluding carboxylic acids is 1. The summed E-state index contributed by atoms with van der Waals surface area (Å²) in [4.78, 5) is 14.5. The van der Waals surface area contributed by atoms with Gasteiger partial charge in [0, 0.05) is 28.3 Å². The molecule has 2 rings (SSSR count). The van der Waals surface area contributed by atoms with Gasteiger partial charge in [-0.1, -0.05) is 22.9 Å². The highest BCUT2D eigenvalue weighted by molar-refractivity contribution is 9.10. The van der Waals surface area contributed by atoms with Gasteiger partial charge in [-0.2, -0.15) is 0 Å². The Balaban J connectivity index is 2.23. The molecule has 0 radical (unpaired) electrons. The van der Waals surface area contributed by atoms with E-state index < -0.39 is 0 Å². The third-order valence-electron chi connectivity index (χ3n) is 3.53. The third-order valence-corrected chi connectivity index (χ3v) is 3.98. The van der Waals surface area contributed by atoms with Crippen molar-refractivity contribution in [3.63, 3.8) is 0 Å². The summed E-state index contributed by atoms with van der Waals surface area (Å²) in [5.74, 6) is 0.106. The van der Waals surface area contributed by atoms with E-state index >= 15 is 0 Å². The van der Waals surface area contributed by atoms with Gasteiger partial charge >= 0.3 is 0 Å². The number of nitrogen functional groups attached to an aromatic ring is 1. The lowest BCUT2D eigenvalue weighted by Crippen LogP contribution is -2.43. The molecule has 2 N–H and O–H groups in total. The number of carbonyl (C=O) groups is 1. The molecule has 4 heteroatoms. The lowest BCUT2D eigenvalue weighted by atomic mass is 9.99. The summed E-state index contributed by atoms with van der Waals surface area (Å²) >= 11 is 3.39. The number of nitrogens with zero attached hydrogens (tertiary/aromatic N) is 1. The fourth-order valence-electron chi connectivity index (χ4n) is 2.59. The highest BCUT2D eigenvalue weighted by Crippen LogP contribution is 2.24. The van der Waals surface area contributed by atoms with Crippen molar-refractivity contribution in [2.24, 2.45) is 0 Å². The Morgan fingerprint density at radius 1 is 1.44 bits per heavy atom. The molecule has 0 aromatic heterocycles. The lowest BCUT2D eigenvalue weighted by Gasteiger charge is -2.35. The van der Waals surface area contributed by atoms with Gasteiger partial charge < -0.3 is 10.6 Å². The van der Waals surface area contributed by atoms with Crippen LogP contribution in [0.4, 0.5) is 5.69 Å². The first-order valence-corrected chi connectivity index (χ1v) is 7.28. The Kier molecular flexibility index (Phi) is 4.27. The second kappa shape index (κ2) is 5.74. The van der Waals surface area contributed by atoms with Crippen LogP contribution in [0.15, 0.2) is 22.7 Å². The second-order valence-corrected chi connectivity index (χ2v) is 5.75. The van der Waals surface area contributed by atoms with Crippen molar-refractivity contribution < 1.29 is 4.79 Å². The van der Waals surface area contributed by atoms with Crippen molar-refractivity contribution in [3.05, 3.63) is 28.2 Å². The van der Waals surface area contributed by atoms with Crippen molar-refractivity contribution >= 4 is 27.5 Å². The number of rotatable bonds is 2. The smallest absolute Gasteiger partial charge is 0.254 e. The number of likely N-dealkylation sites (tertiary alicyclic amines) is 1. The Morgan fingerprint density at radius 2 is 2.22 bits per heavy atom. The van der Waals surface area contributed by atoms with E-state index in [0.29, 0.717) is 17.3 Å². The second-order valence-electron chi connectivity index (χ2n) is 4.83. The van der Waals surface area contributed by atoms with Crippen molar-refractivity contribution in [3.8, 4) is 0 Å². The minimum absolute atomic E-state index is 0.106. The largest absolute Gasteiger partial charge is 0.399 e. The molecule has 0 saturated carbocycles. The first-order valence-electron chi connectivity index (χ1n) is 6.49. The molecular formula is C14H19BrN2O. The summed E-state index contributed by atoms with van der Waals surface area (Å²) in [6, 6.07) is 5.80. The van der Waals surface area contributed by atoms with Gasteiger partial charge in [0.25, 0.3) is 5.91 Å². The number of halogens is 1. The third kappa shape index (κ3) is 2.86. The minimum atomic E-state index is 0.106. The van der Waals surface area contributed by atoms with Gasteiger partial charge in [-0.25, -0.2) is 0 Å². The van der Waals surface area contributed by atoms with E-state index in [1.54, 1.807) is 6.07 Å². The van der Waals surface area contributed by atoms with Crippen LogP contribution in [-0.4, -0.2) is 23.4 Å². The molecule has 1 amide bonds. The highest BCUT2D eigenvalue weighted by atomic mass is 79.9. The molecule has 1 fully saturated rings. The molecular weight excluding hydrogens is 292 g/mol. The molecule has 1 unspecified atom stereocenters. The van der Waals surface area contributed by atoms with Gasteiger partial charge in [0.05, 0.1) is 0 Å². The zero-order chi connectivity index (χ0) is 13.1. The number of piperidine rings is 1. The molecule has 1 atom stereocenters. The first kappa shape index (κ1) is 13.4. The molecule has 18 heavy (non-hydrogen) atoms. The van der Waals surface area contributed by atoms with Gasteiger partial charge in [-0.05, 0) is 43.9 Å². The molecule has 1 aliphatic rings. The number of anilines is 1. The Morgan fingerprint density at radius 3 is 2.89 bits per heavy atom. The van der Waals surface area contributed by atoms with Crippen molar-refractivity contribution in [1.82, 2.24) is 4.90 Å². The molecule has 3 nitrogen and oxygen atoms in total. The highest BCUT2D eigenvalue weighted by Gasteiger charge is 2.26. The average molecular weight is 311 g/mol. The fraction of sp³-hybridized carbons (Fsp3) is 0.500. The van der Waals surface area contributed by atoms with Crippen LogP contribution >= 0.6 is 15.9 Å². The van der Waals surface area contributed by atoms with Crippen LogP contribution in [0.3, 0.4) is 0 Å². The van der Waals surface area contributed by atoms with Crippen LogP contribution in [0.5, 0.6) is 0 Å². The van der Waals surface area contributed by atoms with Gasteiger partial charge in [0.1, 0.15) is 0 Å². The summed E-state index contributed by atoms with van der Waals surface area (Å²) in [6.45, 7) is 3.01. The van der Waals surface area contributed by atoms with Gasteiger partial charge in [0.15, 0.2) is 0 Å². The lowest BCUT2D eigenvalue weighted by molar-refractivity contribution is 0.0608. The number of hydrogen-bond acceptors (Lipinski definition) is 2. The predicted octanol–water partition coefficient (Wildman–Crippen LogP) is 3.44. The standard InChI is InChI=1S/C14H19BrN2O/c1-2-13-5-3-4-6-17(13)14(18)10-7-11(15)9-12(16)8-10/h7-9,13H,2-6,16H2,1H3. The van der Waals surface area contributed by atoms with Crippen LogP contribution in [0.1, 0.15) is 43.0 Å². The Hall–Kier alpha value is -1.03. The summed E-state index contributed by atoms with van der Waals surface area (Å²) in [5.41, 5.74) is 7.10. The zero-order valence-electron chi connectivity index (χ0n) is 10.7. The molecule has 1 aromatic rings. The summed E-state index contributed by atoms with van der Waals surface area (Å²) in [7, 11) is 0. The maximum Gasteiger partial charge on any atom is 0.254 e. The zero-order valence-corrected chi connectivity index (χ0v) is 12.2. The monoisotopic (exact) mass is 310 g/mol. The molecule has 0 bridgehead atoms. The quantitative estimate of drug-likeness (QED) is 0.851. The van der Waals surface area contributed by atoms with Crippen LogP contribution in [0.25, 0.3) is 0 Å². The molecule has 1 aliphatic heterocycles. The van der Waals surface area contributed by atoms with Crippen LogP contribution < -0.4 is 5.73 Å². The maximum atomic E-state index is 12.5. The van der Waals surface area contributed by atoms with E-state index in [-0.39, 0.29) is 5.91 Å². The van der Waals surface area contributed by atoms with Crippen LogP contribution in [0.2, 0.25) is 0 Å². The normalized spacial score (nSPS) is 19.9. The molecule has 0 aliphatic carbocycles. The van der Waals surface area contributed by atoms with Gasteiger partial charge in [-0.15, -0.1) is 0 Å². The number of nitrogens with two attached hydrogens (primary N) is 1. The number of hydrogen-bond donors (Lipinski definition) is 1. The topological polar surface area (TPSA) is 46.3 Å². The summed E-state index contributed by atoms with van der Waals surface area (Å²) in [6.07, 6.45) is 4.47. The van der Waals surface area contributed by atoms with Gasteiger partial charge in [-0.3, -0.25) is 4.79 Å². The summed E-state index contributed by atoms with van der Waals surface area (Å²) < 4.78 is 0.857. The molecule has 98 valence electrons. The Bertz CT molecular complexity index is 427. The van der Waals surface area contributed by atoms with Crippen LogP contribution in [0, 0.1) is 0 Å². The summed E-state index contributed by atoms with van der Waals surface area (Å²) in [5, 5.41) is 0. The van der Waals surface area contributed by atoms with Crippen LogP contribution in [-0.2, 0) is 0 Å². The van der Waals surface area contributed by atoms with E-state index in [9.17, 15) is 4.79 Å². The van der Waals surface area contributed by atoms with E-state index in [0.717, 1.165) is 30.3 Å². The van der Waals surface area contributed by atoms with E-state index in [4.69, 9.17) is 5.73 Å². The Labute approximate surface area is 116 Å². The fourth-order valence-corrected chi connectivity index (χ4v) is 3.10. The van der Waals surface area contributed by atoms with E-state index in [1.165, 1.54) is 6.42 Å². The SMILES string of the molecule is CCC1CCCCN1C(=O)c1cc(N)cc(Br)c1. The molecule has 1 aromatic carbocycles. The minimum Gasteiger partial charge on any atom is -0.399 e.